The van der Waals surface area contributed by atoms with Crippen molar-refractivity contribution in [2.75, 3.05) is 0 Å². The lowest BCUT2D eigenvalue weighted by atomic mass is 9.56. The molecule has 1 saturated carbocycles. The van der Waals surface area contributed by atoms with Gasteiger partial charge in [0.05, 0.1) is 4.75 Å². The molecule has 0 bridgehead atoms. The lowest BCUT2D eigenvalue weighted by Crippen LogP contribution is -2.50. The van der Waals surface area contributed by atoms with E-state index in [9.17, 15) is 31.1 Å². The van der Waals surface area contributed by atoms with Gasteiger partial charge in [-0.2, -0.15) is 26.3 Å². The first kappa shape index (κ1) is 18.9. The molecule has 0 N–H and O–H groups in total. The zero-order valence-electron chi connectivity index (χ0n) is 14.9. The maximum absolute atomic E-state index is 14.8. The lowest BCUT2D eigenvalue weighted by Gasteiger charge is -2.52. The molecule has 1 aliphatic heterocycles. The predicted octanol–water partition coefficient (Wildman–Crippen LogP) is 5.85. The molecule has 0 spiro atoms. The first-order valence-corrected chi connectivity index (χ1v) is 9.17. The summed E-state index contributed by atoms with van der Waals surface area (Å²) in [7, 11) is 0. The number of alkyl halides is 6. The summed E-state index contributed by atoms with van der Waals surface area (Å²) in [5.74, 6) is -15.9. The molecule has 0 saturated heterocycles. The summed E-state index contributed by atoms with van der Waals surface area (Å²) >= 11 is 1.16. The third kappa shape index (κ3) is 1.79. The van der Waals surface area contributed by atoms with Gasteiger partial charge in [0, 0.05) is 23.0 Å². The number of rotatable bonds is 0. The second kappa shape index (κ2) is 4.75. The fraction of sp³-hybridized carbons (Fsp3) is 0.526. The van der Waals surface area contributed by atoms with Crippen LogP contribution in [-0.4, -0.2) is 28.3 Å². The number of carbonyl (C=O) groups is 1. The summed E-state index contributed by atoms with van der Waals surface area (Å²) in [6, 6.07) is 0. The van der Waals surface area contributed by atoms with Crippen molar-refractivity contribution in [3.63, 3.8) is 0 Å². The predicted molar refractivity (Wildman–Crippen MR) is 90.1 cm³/mol. The third-order valence-electron chi connectivity index (χ3n) is 6.32. The van der Waals surface area contributed by atoms with E-state index in [0.717, 1.165) is 17.8 Å². The van der Waals surface area contributed by atoms with Gasteiger partial charge in [-0.1, -0.05) is 6.92 Å². The van der Waals surface area contributed by atoms with Gasteiger partial charge in [-0.15, -0.1) is 11.8 Å². The van der Waals surface area contributed by atoms with Gasteiger partial charge < -0.3 is 0 Å². The van der Waals surface area contributed by atoms with Crippen molar-refractivity contribution < 1.29 is 31.1 Å². The van der Waals surface area contributed by atoms with Crippen LogP contribution in [0.1, 0.15) is 34.1 Å². The highest BCUT2D eigenvalue weighted by atomic mass is 32.2. The average Bonchev–Trinajstić information content (AvgIpc) is 2.84. The summed E-state index contributed by atoms with van der Waals surface area (Å²) < 4.78 is 86.4. The minimum Gasteiger partial charge on any atom is -0.295 e. The Morgan fingerprint density at radius 1 is 0.889 bits per heavy atom. The number of hydrogen-bond donors (Lipinski definition) is 0. The highest BCUT2D eigenvalue weighted by molar-refractivity contribution is 8.04. The van der Waals surface area contributed by atoms with Crippen molar-refractivity contribution in [1.82, 2.24) is 0 Å². The van der Waals surface area contributed by atoms with Crippen LogP contribution in [0.3, 0.4) is 0 Å². The summed E-state index contributed by atoms with van der Waals surface area (Å²) in [6.45, 7) is 6.06. The highest BCUT2D eigenvalue weighted by Gasteiger charge is 2.84. The fourth-order valence-electron chi connectivity index (χ4n) is 5.00. The maximum atomic E-state index is 14.8. The molecule has 0 aromatic carbocycles. The van der Waals surface area contributed by atoms with Crippen LogP contribution >= 0.6 is 11.8 Å². The molecule has 0 unspecified atom stereocenters. The molecule has 27 heavy (non-hydrogen) atoms. The Morgan fingerprint density at radius 3 is 2.04 bits per heavy atom. The van der Waals surface area contributed by atoms with Gasteiger partial charge in [-0.25, -0.2) is 0 Å². The monoisotopic (exact) mass is 406 g/mol. The van der Waals surface area contributed by atoms with Crippen LogP contribution in [0.15, 0.2) is 44.9 Å². The van der Waals surface area contributed by atoms with E-state index in [1.807, 2.05) is 0 Å². The van der Waals surface area contributed by atoms with Gasteiger partial charge in [0.15, 0.2) is 5.78 Å². The Balaban J connectivity index is 2.24. The number of ketones is 1. The average molecular weight is 406 g/mol. The molecule has 0 aromatic heterocycles. The van der Waals surface area contributed by atoms with Crippen LogP contribution in [0.2, 0.25) is 0 Å². The molecule has 1 nitrogen and oxygen atoms in total. The van der Waals surface area contributed by atoms with Gasteiger partial charge in [-0.05, 0) is 54.5 Å². The van der Waals surface area contributed by atoms with Crippen molar-refractivity contribution in [3.8, 4) is 0 Å². The van der Waals surface area contributed by atoms with Crippen molar-refractivity contribution in [3.05, 3.63) is 44.9 Å². The lowest BCUT2D eigenvalue weighted by molar-refractivity contribution is -0.258. The topological polar surface area (TPSA) is 17.1 Å². The Morgan fingerprint density at radius 2 is 1.44 bits per heavy atom. The van der Waals surface area contributed by atoms with Crippen molar-refractivity contribution in [2.24, 2.45) is 5.41 Å². The molecule has 0 radical (unpaired) electrons. The van der Waals surface area contributed by atoms with Gasteiger partial charge in [-0.3, -0.25) is 4.79 Å². The standard InChI is InChI=1S/C19H16F6OS/c1-8-5-10(26)7-15(3)12(8)14-13(11-6-9(2)27-16(11,15)4)17(20,21)19(24,25)18(14,22)23/h5-6H,7H2,1-4H3/t15-,16-/m1/s1. The Hall–Kier alpha value is -1.44. The van der Waals surface area contributed by atoms with Crippen LogP contribution in [0, 0.1) is 5.41 Å². The summed E-state index contributed by atoms with van der Waals surface area (Å²) in [5.41, 5.74) is -4.33. The Bertz CT molecular complexity index is 938. The molecule has 4 aliphatic rings. The third-order valence-corrected chi connectivity index (χ3v) is 7.84. The second-order valence-electron chi connectivity index (χ2n) is 7.95. The number of thioether (sulfide) groups is 1. The van der Waals surface area contributed by atoms with Crippen molar-refractivity contribution in [1.29, 1.82) is 0 Å². The minimum atomic E-state index is -5.55. The SMILES string of the molecule is CC1=CC2=C3C(=C4C(C)=CC(=O)C[C@@]4(C)[C@]2(C)S1)C(F)(F)C(F)(F)C3(F)F. The minimum absolute atomic E-state index is 0.0415. The van der Waals surface area contributed by atoms with Crippen LogP contribution in [0.4, 0.5) is 26.3 Å². The first-order valence-electron chi connectivity index (χ1n) is 8.36. The molecule has 0 aromatic rings. The van der Waals surface area contributed by atoms with Gasteiger partial charge in [0.2, 0.25) is 0 Å². The van der Waals surface area contributed by atoms with E-state index in [1.165, 1.54) is 19.9 Å². The number of allylic oxidation sites excluding steroid dienone is 7. The molecule has 2 atom stereocenters. The number of fused-ring (bicyclic) bond motifs is 4. The van der Waals surface area contributed by atoms with Gasteiger partial charge >= 0.3 is 17.8 Å². The molecule has 0 amide bonds. The molecule has 146 valence electrons. The second-order valence-corrected chi connectivity index (χ2v) is 9.62. The fourth-order valence-corrected chi connectivity index (χ4v) is 6.49. The zero-order chi connectivity index (χ0) is 20.4. The van der Waals surface area contributed by atoms with E-state index in [0.29, 0.717) is 4.91 Å². The van der Waals surface area contributed by atoms with Crippen LogP contribution < -0.4 is 0 Å². The van der Waals surface area contributed by atoms with Gasteiger partial charge in [0.1, 0.15) is 0 Å². The number of hydrogen-bond acceptors (Lipinski definition) is 2. The smallest absolute Gasteiger partial charge is 0.295 e. The molecule has 8 heteroatoms. The molecule has 1 fully saturated rings. The molecule has 4 rings (SSSR count). The van der Waals surface area contributed by atoms with E-state index >= 15 is 0 Å². The van der Waals surface area contributed by atoms with Crippen LogP contribution in [0.25, 0.3) is 0 Å². The number of carbonyl (C=O) groups excluding carboxylic acids is 1. The van der Waals surface area contributed by atoms with Crippen LogP contribution in [0.5, 0.6) is 0 Å². The summed E-state index contributed by atoms with van der Waals surface area (Å²) in [4.78, 5) is 12.8. The van der Waals surface area contributed by atoms with E-state index in [1.54, 1.807) is 13.8 Å². The zero-order valence-corrected chi connectivity index (χ0v) is 15.8. The highest BCUT2D eigenvalue weighted by Crippen LogP contribution is 2.73. The maximum Gasteiger partial charge on any atom is 0.380 e. The van der Waals surface area contributed by atoms with E-state index in [4.69, 9.17) is 0 Å². The van der Waals surface area contributed by atoms with Crippen molar-refractivity contribution in [2.45, 2.75) is 56.6 Å². The Kier molecular flexibility index (Phi) is 3.33. The Labute approximate surface area is 156 Å². The summed E-state index contributed by atoms with van der Waals surface area (Å²) in [6.07, 6.45) is 2.16. The summed E-state index contributed by atoms with van der Waals surface area (Å²) in [5, 5.41) is 0. The molecule has 1 heterocycles. The molecule has 3 aliphatic carbocycles. The van der Waals surface area contributed by atoms with Crippen LogP contribution in [-0.2, 0) is 4.79 Å². The largest absolute Gasteiger partial charge is 0.380 e. The van der Waals surface area contributed by atoms with Gasteiger partial charge in [0.25, 0.3) is 0 Å². The van der Waals surface area contributed by atoms with E-state index < -0.39 is 39.1 Å². The molecular weight excluding hydrogens is 390 g/mol. The van der Waals surface area contributed by atoms with E-state index in [2.05, 4.69) is 0 Å². The van der Waals surface area contributed by atoms with E-state index in [-0.39, 0.29) is 28.9 Å². The normalized spacial score (nSPS) is 38.4. The first-order chi connectivity index (χ1) is 12.1. The molecular formula is C19H16F6OS. The number of halogens is 6. The van der Waals surface area contributed by atoms with Crippen molar-refractivity contribution >= 4 is 17.5 Å². The quantitative estimate of drug-likeness (QED) is 0.470.